The van der Waals surface area contributed by atoms with E-state index in [0.29, 0.717) is 18.7 Å². The monoisotopic (exact) mass is 294 g/mol. The Morgan fingerprint density at radius 3 is 2.71 bits per heavy atom. The number of amides is 1. The standard InChI is InChI=1S/C15H19FN2O3/c1-10-7-18(8-12(10)15(20)21)9-14(19)17-6-11-4-2-3-5-13(11)16/h2-5,10,12H,6-9H2,1H3,(H,17,19)(H,20,21)/t10-,12-/m1/s1. The molecule has 1 heterocycles. The van der Waals surface area contributed by atoms with E-state index < -0.39 is 11.9 Å². The topological polar surface area (TPSA) is 69.6 Å². The number of benzene rings is 1. The molecule has 0 aliphatic carbocycles. The normalized spacial score (nSPS) is 22.2. The molecule has 0 saturated carbocycles. The number of carboxylic acid groups (broad SMARTS) is 1. The van der Waals surface area contributed by atoms with Crippen molar-refractivity contribution in [3.8, 4) is 0 Å². The summed E-state index contributed by atoms with van der Waals surface area (Å²) in [7, 11) is 0. The Balaban J connectivity index is 1.81. The summed E-state index contributed by atoms with van der Waals surface area (Å²) in [6.07, 6.45) is 0. The van der Waals surface area contributed by atoms with Crippen LogP contribution in [0.1, 0.15) is 12.5 Å². The quantitative estimate of drug-likeness (QED) is 0.853. The van der Waals surface area contributed by atoms with Gasteiger partial charge in [0.2, 0.25) is 5.91 Å². The predicted molar refractivity (Wildman–Crippen MR) is 75.0 cm³/mol. The van der Waals surface area contributed by atoms with Crippen LogP contribution in [0.15, 0.2) is 24.3 Å². The van der Waals surface area contributed by atoms with Crippen LogP contribution >= 0.6 is 0 Å². The van der Waals surface area contributed by atoms with Crippen molar-refractivity contribution in [1.82, 2.24) is 10.2 Å². The summed E-state index contributed by atoms with van der Waals surface area (Å²) in [5.41, 5.74) is 0.434. The number of nitrogens with zero attached hydrogens (tertiary/aromatic N) is 1. The average molecular weight is 294 g/mol. The van der Waals surface area contributed by atoms with Crippen LogP contribution in [-0.2, 0) is 16.1 Å². The number of nitrogens with one attached hydrogen (secondary N) is 1. The van der Waals surface area contributed by atoms with Gasteiger partial charge in [0.1, 0.15) is 5.82 Å². The summed E-state index contributed by atoms with van der Waals surface area (Å²) in [6.45, 7) is 3.11. The average Bonchev–Trinajstić information content (AvgIpc) is 2.79. The summed E-state index contributed by atoms with van der Waals surface area (Å²) in [5, 5.41) is 11.7. The molecular weight excluding hydrogens is 275 g/mol. The number of carbonyl (C=O) groups is 2. The van der Waals surface area contributed by atoms with E-state index in [4.69, 9.17) is 5.11 Å². The zero-order valence-corrected chi connectivity index (χ0v) is 11.9. The summed E-state index contributed by atoms with van der Waals surface area (Å²) in [4.78, 5) is 24.7. The van der Waals surface area contributed by atoms with Crippen molar-refractivity contribution in [2.24, 2.45) is 11.8 Å². The zero-order valence-electron chi connectivity index (χ0n) is 11.9. The lowest BCUT2D eigenvalue weighted by atomic mass is 9.99. The van der Waals surface area contributed by atoms with E-state index in [9.17, 15) is 14.0 Å². The Kier molecular flexibility index (Phi) is 4.90. The second kappa shape index (κ2) is 6.67. The molecule has 5 nitrogen and oxygen atoms in total. The minimum Gasteiger partial charge on any atom is -0.481 e. The van der Waals surface area contributed by atoms with Crippen LogP contribution in [-0.4, -0.2) is 41.5 Å². The molecule has 6 heteroatoms. The number of carboxylic acids is 1. The van der Waals surface area contributed by atoms with Crippen LogP contribution in [0.5, 0.6) is 0 Å². The molecule has 114 valence electrons. The highest BCUT2D eigenvalue weighted by Crippen LogP contribution is 2.22. The highest BCUT2D eigenvalue weighted by Gasteiger charge is 2.35. The van der Waals surface area contributed by atoms with Crippen molar-refractivity contribution in [2.45, 2.75) is 13.5 Å². The first-order valence-electron chi connectivity index (χ1n) is 6.92. The Morgan fingerprint density at radius 2 is 2.10 bits per heavy atom. The molecule has 21 heavy (non-hydrogen) atoms. The fraction of sp³-hybridized carbons (Fsp3) is 0.467. The molecule has 1 aromatic carbocycles. The molecule has 2 rings (SSSR count). The van der Waals surface area contributed by atoms with E-state index in [1.165, 1.54) is 6.07 Å². The van der Waals surface area contributed by atoms with Gasteiger partial charge < -0.3 is 10.4 Å². The van der Waals surface area contributed by atoms with Gasteiger partial charge in [-0.05, 0) is 12.0 Å². The number of hydrogen-bond donors (Lipinski definition) is 2. The molecule has 2 atom stereocenters. The van der Waals surface area contributed by atoms with E-state index in [-0.39, 0.29) is 30.7 Å². The fourth-order valence-electron chi connectivity index (χ4n) is 2.61. The zero-order chi connectivity index (χ0) is 15.4. The van der Waals surface area contributed by atoms with Gasteiger partial charge in [-0.25, -0.2) is 4.39 Å². The lowest BCUT2D eigenvalue weighted by Crippen LogP contribution is -2.36. The van der Waals surface area contributed by atoms with Crippen LogP contribution in [0, 0.1) is 17.7 Å². The van der Waals surface area contributed by atoms with Crippen LogP contribution in [0.4, 0.5) is 4.39 Å². The predicted octanol–water partition coefficient (Wildman–Crippen LogP) is 1.09. The Labute approximate surface area is 122 Å². The summed E-state index contributed by atoms with van der Waals surface area (Å²) < 4.78 is 13.4. The lowest BCUT2D eigenvalue weighted by molar-refractivity contribution is -0.142. The van der Waals surface area contributed by atoms with Crippen LogP contribution in [0.2, 0.25) is 0 Å². The second-order valence-electron chi connectivity index (χ2n) is 5.48. The highest BCUT2D eigenvalue weighted by atomic mass is 19.1. The molecule has 0 aromatic heterocycles. The smallest absolute Gasteiger partial charge is 0.308 e. The van der Waals surface area contributed by atoms with E-state index >= 15 is 0 Å². The van der Waals surface area contributed by atoms with E-state index in [2.05, 4.69) is 5.32 Å². The Hall–Kier alpha value is -1.95. The second-order valence-corrected chi connectivity index (χ2v) is 5.48. The molecule has 1 fully saturated rings. The number of halogens is 1. The molecule has 0 bridgehead atoms. The lowest BCUT2D eigenvalue weighted by Gasteiger charge is -2.15. The molecular formula is C15H19FN2O3. The number of hydrogen-bond acceptors (Lipinski definition) is 3. The van der Waals surface area contributed by atoms with E-state index in [1.807, 2.05) is 11.8 Å². The molecule has 0 radical (unpaired) electrons. The third kappa shape index (κ3) is 4.01. The maximum atomic E-state index is 13.4. The number of aliphatic carboxylic acids is 1. The van der Waals surface area contributed by atoms with Crippen molar-refractivity contribution >= 4 is 11.9 Å². The summed E-state index contributed by atoms with van der Waals surface area (Å²) in [5.74, 6) is -1.79. The van der Waals surface area contributed by atoms with E-state index in [0.717, 1.165) is 0 Å². The first-order chi connectivity index (χ1) is 9.97. The van der Waals surface area contributed by atoms with Gasteiger partial charge >= 0.3 is 5.97 Å². The first-order valence-corrected chi connectivity index (χ1v) is 6.92. The van der Waals surface area contributed by atoms with Gasteiger partial charge in [0.25, 0.3) is 0 Å². The summed E-state index contributed by atoms with van der Waals surface area (Å²) >= 11 is 0. The van der Waals surface area contributed by atoms with Crippen molar-refractivity contribution in [3.63, 3.8) is 0 Å². The Bertz CT molecular complexity index is 535. The molecule has 0 unspecified atom stereocenters. The van der Waals surface area contributed by atoms with Crippen LogP contribution in [0.25, 0.3) is 0 Å². The Morgan fingerprint density at radius 1 is 1.38 bits per heavy atom. The maximum Gasteiger partial charge on any atom is 0.308 e. The molecule has 1 aromatic rings. The third-order valence-electron chi connectivity index (χ3n) is 3.81. The van der Waals surface area contributed by atoms with Crippen molar-refractivity contribution in [3.05, 3.63) is 35.6 Å². The van der Waals surface area contributed by atoms with Gasteiger partial charge in [-0.15, -0.1) is 0 Å². The van der Waals surface area contributed by atoms with Gasteiger partial charge in [-0.1, -0.05) is 25.1 Å². The van der Waals surface area contributed by atoms with Crippen molar-refractivity contribution in [2.75, 3.05) is 19.6 Å². The maximum absolute atomic E-state index is 13.4. The molecule has 1 saturated heterocycles. The minimum absolute atomic E-state index is 0.0295. The number of rotatable bonds is 5. The molecule has 1 amide bonds. The van der Waals surface area contributed by atoms with Gasteiger partial charge in [0.05, 0.1) is 12.5 Å². The molecule has 1 aliphatic heterocycles. The fourth-order valence-corrected chi connectivity index (χ4v) is 2.61. The minimum atomic E-state index is -0.822. The van der Waals surface area contributed by atoms with Crippen LogP contribution < -0.4 is 5.32 Å². The molecule has 0 spiro atoms. The van der Waals surface area contributed by atoms with Gasteiger partial charge in [0.15, 0.2) is 0 Å². The van der Waals surface area contributed by atoms with E-state index in [1.54, 1.807) is 18.2 Å². The summed E-state index contributed by atoms with van der Waals surface area (Å²) in [6, 6.07) is 6.28. The largest absolute Gasteiger partial charge is 0.481 e. The SMILES string of the molecule is C[C@@H]1CN(CC(=O)NCc2ccccc2F)C[C@H]1C(=O)O. The van der Waals surface area contributed by atoms with Gasteiger partial charge in [0, 0.05) is 25.2 Å². The van der Waals surface area contributed by atoms with Gasteiger partial charge in [-0.3, -0.25) is 14.5 Å². The molecule has 2 N–H and O–H groups in total. The highest BCUT2D eigenvalue weighted by molar-refractivity contribution is 5.78. The third-order valence-corrected chi connectivity index (χ3v) is 3.81. The van der Waals surface area contributed by atoms with Crippen molar-refractivity contribution < 1.29 is 19.1 Å². The number of likely N-dealkylation sites (tertiary alicyclic amines) is 1. The van der Waals surface area contributed by atoms with Crippen LogP contribution in [0.3, 0.4) is 0 Å². The van der Waals surface area contributed by atoms with Crippen molar-refractivity contribution in [1.29, 1.82) is 0 Å². The van der Waals surface area contributed by atoms with Gasteiger partial charge in [-0.2, -0.15) is 0 Å². The molecule has 1 aliphatic rings. The number of carbonyl (C=O) groups excluding carboxylic acids is 1. The first kappa shape index (κ1) is 15.4.